The van der Waals surface area contributed by atoms with Crippen LogP contribution in [0.5, 0.6) is 5.75 Å². The summed E-state index contributed by atoms with van der Waals surface area (Å²) in [5.74, 6) is 1.69. The highest BCUT2D eigenvalue weighted by Crippen LogP contribution is 2.24. The van der Waals surface area contributed by atoms with Crippen LogP contribution in [0.25, 0.3) is 10.9 Å². The molecule has 3 aromatic rings. The Morgan fingerprint density at radius 2 is 1.96 bits per heavy atom. The molecule has 27 heavy (non-hydrogen) atoms. The zero-order valence-electron chi connectivity index (χ0n) is 16.3. The average molecular weight is 364 g/mol. The predicted octanol–water partition coefficient (Wildman–Crippen LogP) is 4.80. The molecule has 1 saturated heterocycles. The molecule has 4 heteroatoms. The molecule has 0 spiro atoms. The third-order valence-electron chi connectivity index (χ3n) is 5.33. The number of rotatable bonds is 6. The smallest absolute Gasteiger partial charge is 0.119 e. The van der Waals surface area contributed by atoms with E-state index in [0.717, 1.165) is 30.1 Å². The van der Waals surface area contributed by atoms with Crippen LogP contribution in [0, 0.1) is 5.92 Å². The van der Waals surface area contributed by atoms with Crippen LogP contribution in [0.15, 0.2) is 48.7 Å². The van der Waals surface area contributed by atoms with Crippen molar-refractivity contribution in [3.8, 4) is 5.75 Å². The number of benzene rings is 2. The van der Waals surface area contributed by atoms with E-state index >= 15 is 0 Å². The van der Waals surface area contributed by atoms with Crippen molar-refractivity contribution in [2.45, 2.75) is 45.8 Å². The van der Waals surface area contributed by atoms with Gasteiger partial charge in [0, 0.05) is 18.5 Å². The molecule has 0 aliphatic carbocycles. The number of aromatic nitrogens is 2. The minimum atomic E-state index is 0.222. The number of hydrogen-bond acceptors (Lipinski definition) is 3. The Balaban J connectivity index is 1.34. The number of fused-ring (bicyclic) bond motifs is 1. The van der Waals surface area contributed by atoms with Crippen LogP contribution in [0.4, 0.5) is 0 Å². The molecule has 2 heterocycles. The zero-order chi connectivity index (χ0) is 18.6. The molecule has 4 nitrogen and oxygen atoms in total. The lowest BCUT2D eigenvalue weighted by atomic mass is 9.90. The van der Waals surface area contributed by atoms with Gasteiger partial charge < -0.3 is 4.74 Å². The fraction of sp³-hybridized carbons (Fsp3) is 0.435. The summed E-state index contributed by atoms with van der Waals surface area (Å²) in [7, 11) is 0. The van der Waals surface area contributed by atoms with Gasteiger partial charge in [-0.3, -0.25) is 10.00 Å². The van der Waals surface area contributed by atoms with Crippen LogP contribution in [0.3, 0.4) is 0 Å². The number of aromatic amines is 1. The Hall–Kier alpha value is -2.33. The first-order valence-electron chi connectivity index (χ1n) is 10.1. The topological polar surface area (TPSA) is 41.1 Å². The normalized spacial score (nSPS) is 18.3. The monoisotopic (exact) mass is 363 g/mol. The van der Waals surface area contributed by atoms with Crippen molar-refractivity contribution in [2.24, 2.45) is 5.92 Å². The first kappa shape index (κ1) is 18.1. The van der Waals surface area contributed by atoms with Gasteiger partial charge in [0.05, 0.1) is 17.8 Å². The molecule has 1 unspecified atom stereocenters. The molecule has 4 rings (SSSR count). The van der Waals surface area contributed by atoms with Crippen LogP contribution in [0.1, 0.15) is 37.8 Å². The molecular weight excluding hydrogens is 334 g/mol. The van der Waals surface area contributed by atoms with Gasteiger partial charge in [-0.05, 0) is 81.0 Å². The van der Waals surface area contributed by atoms with E-state index in [1.165, 1.54) is 42.4 Å². The second-order valence-corrected chi connectivity index (χ2v) is 8.05. The third-order valence-corrected chi connectivity index (χ3v) is 5.33. The van der Waals surface area contributed by atoms with Crippen molar-refractivity contribution in [1.82, 2.24) is 15.1 Å². The minimum Gasteiger partial charge on any atom is -0.491 e. The number of nitrogens with one attached hydrogen (secondary N) is 1. The molecule has 0 amide bonds. The predicted molar refractivity (Wildman–Crippen MR) is 110 cm³/mol. The maximum absolute atomic E-state index is 5.75. The molecule has 1 fully saturated rings. The van der Waals surface area contributed by atoms with E-state index in [4.69, 9.17) is 4.74 Å². The van der Waals surface area contributed by atoms with Crippen LogP contribution in [-0.4, -0.2) is 34.3 Å². The quantitative estimate of drug-likeness (QED) is 0.684. The Bertz CT molecular complexity index is 869. The van der Waals surface area contributed by atoms with E-state index in [1.54, 1.807) is 0 Å². The van der Waals surface area contributed by atoms with Crippen molar-refractivity contribution < 1.29 is 4.74 Å². The Kier molecular flexibility index (Phi) is 5.44. The highest BCUT2D eigenvalue weighted by Gasteiger charge is 2.20. The Morgan fingerprint density at radius 1 is 1.15 bits per heavy atom. The standard InChI is InChI=1S/C23H29N3O/c1-17(2)27-22-8-5-18(6-9-22)15-26-11-3-4-20(16-26)12-19-7-10-23-21(13-19)14-24-25-23/h5-10,13-14,17,20H,3-4,11-12,15-16H2,1-2H3,(H,24,25). The van der Waals surface area contributed by atoms with Gasteiger partial charge >= 0.3 is 0 Å². The van der Waals surface area contributed by atoms with Gasteiger partial charge in [-0.2, -0.15) is 5.10 Å². The molecule has 1 atom stereocenters. The lowest BCUT2D eigenvalue weighted by Gasteiger charge is -2.33. The van der Waals surface area contributed by atoms with Crippen LogP contribution in [-0.2, 0) is 13.0 Å². The van der Waals surface area contributed by atoms with E-state index in [1.807, 2.05) is 6.20 Å². The van der Waals surface area contributed by atoms with Crippen LogP contribution < -0.4 is 4.74 Å². The maximum atomic E-state index is 5.75. The first-order chi connectivity index (χ1) is 13.2. The van der Waals surface area contributed by atoms with E-state index in [9.17, 15) is 0 Å². The number of piperidine rings is 1. The fourth-order valence-electron chi connectivity index (χ4n) is 4.12. The Labute approximate surface area is 161 Å². The van der Waals surface area contributed by atoms with E-state index < -0.39 is 0 Å². The summed E-state index contributed by atoms with van der Waals surface area (Å²) in [6.07, 6.45) is 5.89. The summed E-state index contributed by atoms with van der Waals surface area (Å²) in [5, 5.41) is 8.37. The van der Waals surface area contributed by atoms with Gasteiger partial charge in [0.2, 0.25) is 0 Å². The number of hydrogen-bond donors (Lipinski definition) is 1. The fourth-order valence-corrected chi connectivity index (χ4v) is 4.12. The molecule has 0 saturated carbocycles. The van der Waals surface area contributed by atoms with Gasteiger partial charge in [0.25, 0.3) is 0 Å². The lowest BCUT2D eigenvalue weighted by Crippen LogP contribution is -2.35. The number of likely N-dealkylation sites (tertiary alicyclic amines) is 1. The second-order valence-electron chi connectivity index (χ2n) is 8.05. The molecule has 1 aliphatic heterocycles. The van der Waals surface area contributed by atoms with Gasteiger partial charge in [-0.1, -0.05) is 18.2 Å². The summed E-state index contributed by atoms with van der Waals surface area (Å²) >= 11 is 0. The minimum absolute atomic E-state index is 0.222. The van der Waals surface area contributed by atoms with Crippen LogP contribution in [0.2, 0.25) is 0 Å². The van der Waals surface area contributed by atoms with Crippen molar-refractivity contribution >= 4 is 10.9 Å². The molecule has 1 aliphatic rings. The van der Waals surface area contributed by atoms with E-state index in [-0.39, 0.29) is 6.10 Å². The molecule has 0 radical (unpaired) electrons. The van der Waals surface area contributed by atoms with Gasteiger partial charge in [-0.15, -0.1) is 0 Å². The summed E-state index contributed by atoms with van der Waals surface area (Å²) in [4.78, 5) is 2.60. The molecule has 0 bridgehead atoms. The van der Waals surface area contributed by atoms with Gasteiger partial charge in [-0.25, -0.2) is 0 Å². The van der Waals surface area contributed by atoms with Crippen LogP contribution >= 0.6 is 0 Å². The summed E-state index contributed by atoms with van der Waals surface area (Å²) in [5.41, 5.74) is 3.91. The van der Waals surface area contributed by atoms with Crippen molar-refractivity contribution in [3.63, 3.8) is 0 Å². The van der Waals surface area contributed by atoms with E-state index in [0.29, 0.717) is 0 Å². The van der Waals surface area contributed by atoms with Gasteiger partial charge in [0.1, 0.15) is 5.75 Å². The maximum Gasteiger partial charge on any atom is 0.119 e. The number of H-pyrrole nitrogens is 1. The third kappa shape index (κ3) is 4.69. The SMILES string of the molecule is CC(C)Oc1ccc(CN2CCCC(Cc3ccc4[nH]ncc4c3)C2)cc1. The Morgan fingerprint density at radius 3 is 2.78 bits per heavy atom. The summed E-state index contributed by atoms with van der Waals surface area (Å²) in [6, 6.07) is 15.3. The molecule has 1 N–H and O–H groups in total. The number of nitrogens with zero attached hydrogens (tertiary/aromatic N) is 2. The van der Waals surface area contributed by atoms with Crippen molar-refractivity contribution in [1.29, 1.82) is 0 Å². The average Bonchev–Trinajstić information content (AvgIpc) is 3.11. The van der Waals surface area contributed by atoms with Crippen molar-refractivity contribution in [3.05, 3.63) is 59.8 Å². The first-order valence-corrected chi connectivity index (χ1v) is 10.1. The summed E-state index contributed by atoms with van der Waals surface area (Å²) < 4.78 is 5.75. The van der Waals surface area contributed by atoms with Gasteiger partial charge in [0.15, 0.2) is 0 Å². The highest BCUT2D eigenvalue weighted by atomic mass is 16.5. The summed E-state index contributed by atoms with van der Waals surface area (Å²) in [6.45, 7) is 7.52. The molecule has 2 aromatic carbocycles. The van der Waals surface area contributed by atoms with Crippen molar-refractivity contribution in [2.75, 3.05) is 13.1 Å². The largest absolute Gasteiger partial charge is 0.491 e. The highest BCUT2D eigenvalue weighted by molar-refractivity contribution is 5.78. The second kappa shape index (κ2) is 8.13. The lowest BCUT2D eigenvalue weighted by molar-refractivity contribution is 0.167. The molecule has 1 aromatic heterocycles. The molecule has 142 valence electrons. The number of ether oxygens (including phenoxy) is 1. The zero-order valence-corrected chi connectivity index (χ0v) is 16.3. The molecular formula is C23H29N3O. The van der Waals surface area contributed by atoms with E-state index in [2.05, 4.69) is 71.4 Å².